The van der Waals surface area contributed by atoms with Gasteiger partial charge >= 0.3 is 0 Å². The van der Waals surface area contributed by atoms with E-state index in [1.165, 1.54) is 6.07 Å². The molecule has 0 radical (unpaired) electrons. The van der Waals surface area contributed by atoms with E-state index in [2.05, 4.69) is 18.7 Å². The number of rotatable bonds is 7. The molecule has 0 heterocycles. The molecule has 0 saturated carbocycles. The van der Waals surface area contributed by atoms with Gasteiger partial charge < -0.3 is 15.9 Å². The molecule has 4 N–H and O–H groups in total. The van der Waals surface area contributed by atoms with E-state index in [4.69, 9.17) is 5.73 Å². The number of phenols is 2. The second-order valence-electron chi connectivity index (χ2n) is 4.54. The normalized spacial score (nSPS) is 12.9. The zero-order valence-corrected chi connectivity index (χ0v) is 11.3. The van der Waals surface area contributed by atoms with Gasteiger partial charge in [0.05, 0.1) is 0 Å². The molecule has 0 amide bonds. The van der Waals surface area contributed by atoms with Gasteiger partial charge in [-0.1, -0.05) is 19.9 Å². The summed E-state index contributed by atoms with van der Waals surface area (Å²) >= 11 is 0. The molecule has 0 aliphatic heterocycles. The minimum Gasteiger partial charge on any atom is -0.504 e. The maximum atomic E-state index is 9.58. The lowest BCUT2D eigenvalue weighted by molar-refractivity contribution is 0.201. The molecule has 18 heavy (non-hydrogen) atoms. The van der Waals surface area contributed by atoms with Gasteiger partial charge in [-0.15, -0.1) is 0 Å². The predicted molar refractivity (Wildman–Crippen MR) is 73.7 cm³/mol. The van der Waals surface area contributed by atoms with Crippen molar-refractivity contribution in [3.63, 3.8) is 0 Å². The number of aromatic hydroxyl groups is 2. The minimum absolute atomic E-state index is 0.0844. The first-order valence-electron chi connectivity index (χ1n) is 6.60. The van der Waals surface area contributed by atoms with Gasteiger partial charge in [0.2, 0.25) is 0 Å². The first kappa shape index (κ1) is 14.8. The Balaban J connectivity index is 2.94. The van der Waals surface area contributed by atoms with E-state index in [0.717, 1.165) is 31.5 Å². The highest BCUT2D eigenvalue weighted by atomic mass is 16.3. The Morgan fingerprint density at radius 1 is 1.11 bits per heavy atom. The Kier molecular flexibility index (Phi) is 5.95. The molecule has 0 aliphatic carbocycles. The molecule has 4 heteroatoms. The van der Waals surface area contributed by atoms with Crippen LogP contribution in [0.4, 0.5) is 0 Å². The number of phenolic OH excluding ortho intramolecular Hbond substituents is 2. The summed E-state index contributed by atoms with van der Waals surface area (Å²) in [7, 11) is 0. The van der Waals surface area contributed by atoms with Gasteiger partial charge in [-0.2, -0.15) is 0 Å². The van der Waals surface area contributed by atoms with Crippen molar-refractivity contribution in [2.75, 3.05) is 19.6 Å². The van der Waals surface area contributed by atoms with Gasteiger partial charge in [0.25, 0.3) is 0 Å². The zero-order valence-electron chi connectivity index (χ0n) is 11.3. The van der Waals surface area contributed by atoms with Crippen LogP contribution in [-0.2, 0) is 0 Å². The summed E-state index contributed by atoms with van der Waals surface area (Å²) in [4.78, 5) is 2.33. The molecule has 1 unspecified atom stereocenters. The van der Waals surface area contributed by atoms with Gasteiger partial charge in [-0.25, -0.2) is 0 Å². The molecule has 0 saturated heterocycles. The Bertz CT molecular complexity index is 363. The monoisotopic (exact) mass is 252 g/mol. The van der Waals surface area contributed by atoms with E-state index in [1.54, 1.807) is 6.07 Å². The fraction of sp³-hybridized carbons (Fsp3) is 0.571. The molecule has 0 aromatic heterocycles. The Morgan fingerprint density at radius 3 is 2.17 bits per heavy atom. The minimum atomic E-state index is -0.0907. The van der Waals surface area contributed by atoms with Crippen LogP contribution in [0.2, 0.25) is 0 Å². The van der Waals surface area contributed by atoms with Crippen LogP contribution in [0.5, 0.6) is 11.5 Å². The lowest BCUT2D eigenvalue weighted by Crippen LogP contribution is -2.35. The summed E-state index contributed by atoms with van der Waals surface area (Å²) in [5, 5.41) is 18.9. The lowest BCUT2D eigenvalue weighted by atomic mass is 10.0. The van der Waals surface area contributed by atoms with Crippen molar-refractivity contribution in [3.05, 3.63) is 23.8 Å². The Hall–Kier alpha value is -1.26. The van der Waals surface area contributed by atoms with E-state index >= 15 is 0 Å². The molecule has 0 bridgehead atoms. The lowest BCUT2D eigenvalue weighted by Gasteiger charge is -2.30. The standard InChI is InChI=1S/C14H24N2O2/c1-3-7-16(8-4-2)12(10-15)11-5-6-13(17)14(18)9-11/h5-6,9,12,17-18H,3-4,7-8,10,15H2,1-2H3. The van der Waals surface area contributed by atoms with E-state index in [9.17, 15) is 10.2 Å². The highest BCUT2D eigenvalue weighted by molar-refractivity contribution is 5.41. The Morgan fingerprint density at radius 2 is 1.72 bits per heavy atom. The molecule has 1 atom stereocenters. The van der Waals surface area contributed by atoms with Crippen LogP contribution < -0.4 is 5.73 Å². The van der Waals surface area contributed by atoms with Crippen molar-refractivity contribution in [1.82, 2.24) is 4.90 Å². The number of hydrogen-bond donors (Lipinski definition) is 3. The van der Waals surface area contributed by atoms with Crippen LogP contribution in [-0.4, -0.2) is 34.7 Å². The van der Waals surface area contributed by atoms with Crippen molar-refractivity contribution >= 4 is 0 Å². The van der Waals surface area contributed by atoms with Crippen LogP contribution >= 0.6 is 0 Å². The van der Waals surface area contributed by atoms with Crippen molar-refractivity contribution in [2.24, 2.45) is 5.73 Å². The molecule has 4 nitrogen and oxygen atoms in total. The zero-order chi connectivity index (χ0) is 13.5. The third kappa shape index (κ3) is 3.62. The summed E-state index contributed by atoms with van der Waals surface area (Å²) in [5.41, 5.74) is 6.82. The Labute approximate surface area is 109 Å². The topological polar surface area (TPSA) is 69.7 Å². The van der Waals surface area contributed by atoms with Gasteiger partial charge in [0.1, 0.15) is 0 Å². The first-order chi connectivity index (χ1) is 8.63. The fourth-order valence-corrected chi connectivity index (χ4v) is 2.24. The molecule has 1 aromatic carbocycles. The van der Waals surface area contributed by atoms with Crippen LogP contribution in [0.25, 0.3) is 0 Å². The molecule has 102 valence electrons. The van der Waals surface area contributed by atoms with Crippen LogP contribution in [0, 0.1) is 0 Å². The summed E-state index contributed by atoms with van der Waals surface area (Å²) in [6, 6.07) is 5.04. The van der Waals surface area contributed by atoms with Crippen molar-refractivity contribution in [2.45, 2.75) is 32.7 Å². The van der Waals surface area contributed by atoms with Gasteiger partial charge in [-0.05, 0) is 43.6 Å². The highest BCUT2D eigenvalue weighted by Gasteiger charge is 2.18. The molecular weight excluding hydrogens is 228 g/mol. The second-order valence-corrected chi connectivity index (χ2v) is 4.54. The fourth-order valence-electron chi connectivity index (χ4n) is 2.24. The van der Waals surface area contributed by atoms with E-state index < -0.39 is 0 Å². The number of benzene rings is 1. The molecular formula is C14H24N2O2. The third-order valence-corrected chi connectivity index (χ3v) is 3.07. The SMILES string of the molecule is CCCN(CCC)C(CN)c1ccc(O)c(O)c1. The molecule has 1 rings (SSSR count). The third-order valence-electron chi connectivity index (χ3n) is 3.07. The van der Waals surface area contributed by atoms with Gasteiger partial charge in [0, 0.05) is 12.6 Å². The maximum absolute atomic E-state index is 9.58. The first-order valence-corrected chi connectivity index (χ1v) is 6.60. The summed E-state index contributed by atoms with van der Waals surface area (Å²) in [6.07, 6.45) is 2.14. The molecule has 1 aromatic rings. The van der Waals surface area contributed by atoms with Crippen LogP contribution in [0.3, 0.4) is 0 Å². The quantitative estimate of drug-likeness (QED) is 0.651. The number of hydrogen-bond acceptors (Lipinski definition) is 4. The smallest absolute Gasteiger partial charge is 0.157 e. The number of nitrogens with zero attached hydrogens (tertiary/aromatic N) is 1. The van der Waals surface area contributed by atoms with Gasteiger partial charge in [0.15, 0.2) is 11.5 Å². The van der Waals surface area contributed by atoms with Crippen molar-refractivity contribution in [3.8, 4) is 11.5 Å². The van der Waals surface area contributed by atoms with Gasteiger partial charge in [-0.3, -0.25) is 4.90 Å². The summed E-state index contributed by atoms with van der Waals surface area (Å²) < 4.78 is 0. The van der Waals surface area contributed by atoms with Crippen molar-refractivity contribution < 1.29 is 10.2 Å². The molecule has 0 fully saturated rings. The van der Waals surface area contributed by atoms with E-state index in [-0.39, 0.29) is 17.5 Å². The average Bonchev–Trinajstić information content (AvgIpc) is 2.35. The maximum Gasteiger partial charge on any atom is 0.157 e. The largest absolute Gasteiger partial charge is 0.504 e. The second kappa shape index (κ2) is 7.24. The average molecular weight is 252 g/mol. The summed E-state index contributed by atoms with van der Waals surface area (Å²) in [6.45, 7) is 6.76. The molecule has 0 spiro atoms. The van der Waals surface area contributed by atoms with Crippen molar-refractivity contribution in [1.29, 1.82) is 0 Å². The van der Waals surface area contributed by atoms with E-state index in [1.807, 2.05) is 6.07 Å². The summed E-state index contributed by atoms with van der Waals surface area (Å²) in [5.74, 6) is -0.175. The van der Waals surface area contributed by atoms with Crippen LogP contribution in [0.15, 0.2) is 18.2 Å². The van der Waals surface area contributed by atoms with E-state index in [0.29, 0.717) is 6.54 Å². The highest BCUT2D eigenvalue weighted by Crippen LogP contribution is 2.30. The molecule has 0 aliphatic rings. The predicted octanol–water partition coefficient (Wildman–Crippen LogP) is 2.22. The van der Waals surface area contributed by atoms with Crippen LogP contribution in [0.1, 0.15) is 38.3 Å². The number of nitrogens with two attached hydrogens (primary N) is 1.